The highest BCUT2D eigenvalue weighted by atomic mass is 79.9. The van der Waals surface area contributed by atoms with Crippen molar-refractivity contribution in [2.75, 3.05) is 11.9 Å². The molecular weight excluding hydrogens is 398 g/mol. The van der Waals surface area contributed by atoms with Gasteiger partial charge in [0.2, 0.25) is 0 Å². The number of benzene rings is 2. The molecule has 0 aliphatic carbocycles. The smallest absolute Gasteiger partial charge is 0.343 e. The lowest BCUT2D eigenvalue weighted by molar-refractivity contribution is 0.0527. The van der Waals surface area contributed by atoms with Crippen molar-refractivity contribution >= 4 is 33.6 Å². The van der Waals surface area contributed by atoms with Crippen molar-refractivity contribution in [3.05, 3.63) is 76.4 Å². The lowest BCUT2D eigenvalue weighted by Crippen LogP contribution is -2.18. The van der Waals surface area contributed by atoms with Gasteiger partial charge in [-0.05, 0) is 43.3 Å². The molecule has 0 aliphatic heterocycles. The number of carbonyl (C=O) groups excluding carboxylic acids is 2. The fourth-order valence-electron chi connectivity index (χ4n) is 2.37. The van der Waals surface area contributed by atoms with Crippen LogP contribution in [0.4, 0.5) is 5.82 Å². The number of aromatic nitrogens is 2. The van der Waals surface area contributed by atoms with Gasteiger partial charge in [-0.25, -0.2) is 9.48 Å². The Morgan fingerprint density at radius 1 is 1.12 bits per heavy atom. The number of halogens is 1. The van der Waals surface area contributed by atoms with Gasteiger partial charge in [-0.15, -0.1) is 0 Å². The minimum Gasteiger partial charge on any atom is -0.462 e. The first-order chi connectivity index (χ1) is 12.6. The van der Waals surface area contributed by atoms with Crippen LogP contribution >= 0.6 is 15.9 Å². The third kappa shape index (κ3) is 3.83. The Hall–Kier alpha value is -2.93. The molecule has 0 atom stereocenters. The largest absolute Gasteiger partial charge is 0.462 e. The highest BCUT2D eigenvalue weighted by molar-refractivity contribution is 9.10. The Labute approximate surface area is 158 Å². The van der Waals surface area contributed by atoms with Gasteiger partial charge >= 0.3 is 5.97 Å². The summed E-state index contributed by atoms with van der Waals surface area (Å²) in [6.45, 7) is 1.95. The zero-order valence-electron chi connectivity index (χ0n) is 14.0. The van der Waals surface area contributed by atoms with Gasteiger partial charge in [0, 0.05) is 10.0 Å². The molecule has 2 aromatic carbocycles. The number of para-hydroxylation sites is 1. The Balaban J connectivity index is 1.99. The van der Waals surface area contributed by atoms with Crippen molar-refractivity contribution < 1.29 is 14.3 Å². The third-order valence-corrected chi connectivity index (χ3v) is 4.13. The van der Waals surface area contributed by atoms with Gasteiger partial charge in [-0.1, -0.05) is 34.1 Å². The molecule has 0 spiro atoms. The number of ether oxygens (including phenoxy) is 1. The van der Waals surface area contributed by atoms with Crippen LogP contribution in [0.25, 0.3) is 5.69 Å². The van der Waals surface area contributed by atoms with Crippen LogP contribution in [-0.4, -0.2) is 28.3 Å². The van der Waals surface area contributed by atoms with Crippen LogP contribution in [0, 0.1) is 0 Å². The summed E-state index contributed by atoms with van der Waals surface area (Å²) in [5.41, 5.74) is 1.37. The number of amides is 1. The van der Waals surface area contributed by atoms with E-state index >= 15 is 0 Å². The summed E-state index contributed by atoms with van der Waals surface area (Å²) < 4.78 is 7.44. The van der Waals surface area contributed by atoms with E-state index in [9.17, 15) is 9.59 Å². The van der Waals surface area contributed by atoms with Crippen LogP contribution in [0.2, 0.25) is 0 Å². The maximum Gasteiger partial charge on any atom is 0.343 e. The second-order valence-electron chi connectivity index (χ2n) is 5.34. The molecule has 0 saturated carbocycles. The molecule has 0 fully saturated rings. The maximum atomic E-state index is 12.6. The lowest BCUT2D eigenvalue weighted by Gasteiger charge is -2.11. The number of nitrogens with one attached hydrogen (secondary N) is 1. The number of nitrogens with zero attached hydrogens (tertiary/aromatic N) is 2. The van der Waals surface area contributed by atoms with Gasteiger partial charge in [0.05, 0.1) is 18.5 Å². The van der Waals surface area contributed by atoms with Crippen molar-refractivity contribution in [2.24, 2.45) is 0 Å². The highest BCUT2D eigenvalue weighted by Crippen LogP contribution is 2.22. The van der Waals surface area contributed by atoms with Gasteiger partial charge in [-0.2, -0.15) is 5.10 Å². The predicted octanol–water partition coefficient (Wildman–Crippen LogP) is 4.06. The number of anilines is 1. The first-order valence-corrected chi connectivity index (χ1v) is 8.77. The monoisotopic (exact) mass is 413 g/mol. The van der Waals surface area contributed by atoms with Crippen LogP contribution in [0.15, 0.2) is 65.3 Å². The molecule has 1 aromatic heterocycles. The van der Waals surface area contributed by atoms with Gasteiger partial charge in [-0.3, -0.25) is 4.79 Å². The van der Waals surface area contributed by atoms with Crippen molar-refractivity contribution in [3.8, 4) is 5.69 Å². The Kier molecular flexibility index (Phi) is 5.48. The van der Waals surface area contributed by atoms with Crippen molar-refractivity contribution in [2.45, 2.75) is 6.92 Å². The van der Waals surface area contributed by atoms with Crippen LogP contribution < -0.4 is 5.32 Å². The Morgan fingerprint density at radius 3 is 2.46 bits per heavy atom. The maximum absolute atomic E-state index is 12.6. The SMILES string of the molecule is CCOC(=O)c1cnn(-c2ccccc2)c1NC(=O)c1ccc(Br)cc1. The molecule has 3 aromatic rings. The molecule has 1 N–H and O–H groups in total. The molecule has 0 saturated heterocycles. The molecule has 6 nitrogen and oxygen atoms in total. The number of rotatable bonds is 5. The average molecular weight is 414 g/mol. The molecule has 132 valence electrons. The summed E-state index contributed by atoms with van der Waals surface area (Å²) in [5.74, 6) is -0.621. The normalized spacial score (nSPS) is 10.4. The summed E-state index contributed by atoms with van der Waals surface area (Å²) >= 11 is 3.34. The topological polar surface area (TPSA) is 73.2 Å². The number of carbonyl (C=O) groups is 2. The zero-order valence-corrected chi connectivity index (χ0v) is 15.6. The minimum absolute atomic E-state index is 0.196. The van der Waals surface area contributed by atoms with Gasteiger partial charge in [0.25, 0.3) is 5.91 Å². The van der Waals surface area contributed by atoms with E-state index < -0.39 is 5.97 Å². The Morgan fingerprint density at radius 2 is 1.81 bits per heavy atom. The molecule has 1 heterocycles. The Bertz CT molecular complexity index is 921. The molecule has 0 unspecified atom stereocenters. The standard InChI is InChI=1S/C19H16BrN3O3/c1-2-26-19(25)16-12-21-23(15-6-4-3-5-7-15)17(16)22-18(24)13-8-10-14(20)11-9-13/h3-12H,2H2,1H3,(H,22,24). The quantitative estimate of drug-likeness (QED) is 0.639. The summed E-state index contributed by atoms with van der Waals surface area (Å²) in [6, 6.07) is 16.2. The van der Waals surface area contributed by atoms with Gasteiger partial charge in [0.15, 0.2) is 5.82 Å². The second-order valence-corrected chi connectivity index (χ2v) is 6.25. The molecule has 3 rings (SSSR count). The van der Waals surface area contributed by atoms with E-state index in [1.165, 1.54) is 10.9 Å². The lowest BCUT2D eigenvalue weighted by atomic mass is 10.2. The minimum atomic E-state index is -0.541. The van der Waals surface area contributed by atoms with Crippen molar-refractivity contribution in [1.82, 2.24) is 9.78 Å². The predicted molar refractivity (Wildman–Crippen MR) is 102 cm³/mol. The van der Waals surface area contributed by atoms with E-state index in [0.29, 0.717) is 11.3 Å². The summed E-state index contributed by atoms with van der Waals surface area (Å²) in [4.78, 5) is 24.9. The highest BCUT2D eigenvalue weighted by Gasteiger charge is 2.22. The number of esters is 1. The molecule has 0 bridgehead atoms. The number of hydrogen-bond donors (Lipinski definition) is 1. The van der Waals surface area contributed by atoms with E-state index in [0.717, 1.165) is 4.47 Å². The van der Waals surface area contributed by atoms with Gasteiger partial charge < -0.3 is 10.1 Å². The van der Waals surface area contributed by atoms with Crippen molar-refractivity contribution in [1.29, 1.82) is 0 Å². The first-order valence-electron chi connectivity index (χ1n) is 7.97. The molecular formula is C19H16BrN3O3. The average Bonchev–Trinajstić information content (AvgIpc) is 3.07. The summed E-state index contributed by atoms with van der Waals surface area (Å²) in [7, 11) is 0. The van der Waals surface area contributed by atoms with Crippen LogP contribution in [-0.2, 0) is 4.74 Å². The first kappa shape index (κ1) is 17.9. The second kappa shape index (κ2) is 7.97. The molecule has 7 heteroatoms. The summed E-state index contributed by atoms with van der Waals surface area (Å²) in [5, 5.41) is 7.02. The van der Waals surface area contributed by atoms with Crippen LogP contribution in [0.3, 0.4) is 0 Å². The van der Waals surface area contributed by atoms with Crippen molar-refractivity contribution in [3.63, 3.8) is 0 Å². The van der Waals surface area contributed by atoms with E-state index in [1.54, 1.807) is 31.2 Å². The van der Waals surface area contributed by atoms with E-state index in [2.05, 4.69) is 26.3 Å². The fourth-order valence-corrected chi connectivity index (χ4v) is 2.64. The molecule has 1 amide bonds. The van der Waals surface area contributed by atoms with E-state index in [1.807, 2.05) is 30.3 Å². The van der Waals surface area contributed by atoms with Gasteiger partial charge in [0.1, 0.15) is 5.56 Å². The van der Waals surface area contributed by atoms with Crippen LogP contribution in [0.5, 0.6) is 0 Å². The van der Waals surface area contributed by atoms with E-state index in [4.69, 9.17) is 4.74 Å². The van der Waals surface area contributed by atoms with E-state index in [-0.39, 0.29) is 23.9 Å². The summed E-state index contributed by atoms with van der Waals surface area (Å²) in [6.07, 6.45) is 1.39. The zero-order chi connectivity index (χ0) is 18.5. The molecule has 0 radical (unpaired) electrons. The number of hydrogen-bond acceptors (Lipinski definition) is 4. The third-order valence-electron chi connectivity index (χ3n) is 3.60. The fraction of sp³-hybridized carbons (Fsp3) is 0.105. The molecule has 26 heavy (non-hydrogen) atoms. The molecule has 0 aliphatic rings. The van der Waals surface area contributed by atoms with Crippen LogP contribution in [0.1, 0.15) is 27.6 Å².